The number of aromatic nitrogens is 3. The number of carbonyl (C=O) groups is 1. The van der Waals surface area contributed by atoms with Crippen molar-refractivity contribution < 1.29 is 9.18 Å². The molecule has 0 atom stereocenters. The molecule has 1 amide bonds. The molecule has 22 heavy (non-hydrogen) atoms. The molecule has 4 rings (SSSR count). The Bertz CT molecular complexity index is 875. The quantitative estimate of drug-likeness (QED) is 0.670. The molecule has 0 saturated carbocycles. The van der Waals surface area contributed by atoms with Gasteiger partial charge in [-0.2, -0.15) is 0 Å². The summed E-state index contributed by atoms with van der Waals surface area (Å²) in [6, 6.07) is 2.48. The number of aromatic amines is 1. The van der Waals surface area contributed by atoms with Gasteiger partial charge in [-0.15, -0.1) is 0 Å². The number of hydrogen-bond acceptors (Lipinski definition) is 3. The van der Waals surface area contributed by atoms with Gasteiger partial charge in [0.05, 0.1) is 11.1 Å². The van der Waals surface area contributed by atoms with Crippen LogP contribution < -0.4 is 11.1 Å². The molecular formula is C15H16FN5O. The van der Waals surface area contributed by atoms with E-state index < -0.39 is 11.7 Å². The summed E-state index contributed by atoms with van der Waals surface area (Å²) in [5.41, 5.74) is 8.34. The molecular weight excluding hydrogens is 285 g/mol. The minimum atomic E-state index is -0.663. The smallest absolute Gasteiger partial charge is 0.251 e. The number of primary amides is 1. The van der Waals surface area contributed by atoms with Gasteiger partial charge in [0, 0.05) is 17.8 Å². The van der Waals surface area contributed by atoms with Gasteiger partial charge in [-0.25, -0.2) is 13.9 Å². The summed E-state index contributed by atoms with van der Waals surface area (Å²) in [6.07, 6.45) is 3.99. The molecule has 0 bridgehead atoms. The number of piperidine rings is 1. The Morgan fingerprint density at radius 1 is 1.36 bits per heavy atom. The number of hydrogen-bond donors (Lipinski definition) is 3. The van der Waals surface area contributed by atoms with Crippen molar-refractivity contribution >= 4 is 22.6 Å². The number of benzene rings is 1. The highest BCUT2D eigenvalue weighted by molar-refractivity contribution is 6.05. The minimum Gasteiger partial charge on any atom is -0.366 e. The van der Waals surface area contributed by atoms with Crippen LogP contribution in [0.1, 0.15) is 34.7 Å². The molecule has 0 aliphatic carbocycles. The van der Waals surface area contributed by atoms with E-state index in [9.17, 15) is 9.18 Å². The lowest BCUT2D eigenvalue weighted by Gasteiger charge is -2.21. The van der Waals surface area contributed by atoms with E-state index in [0.717, 1.165) is 43.2 Å². The summed E-state index contributed by atoms with van der Waals surface area (Å²) in [7, 11) is 0. The highest BCUT2D eigenvalue weighted by atomic mass is 19.1. The maximum Gasteiger partial charge on any atom is 0.251 e. The Morgan fingerprint density at radius 3 is 2.86 bits per heavy atom. The second-order valence-corrected chi connectivity index (χ2v) is 5.71. The fourth-order valence-electron chi connectivity index (χ4n) is 3.31. The number of nitrogens with one attached hydrogen (secondary N) is 2. The third-order valence-electron chi connectivity index (χ3n) is 4.37. The van der Waals surface area contributed by atoms with Crippen molar-refractivity contribution in [2.45, 2.75) is 18.8 Å². The first-order chi connectivity index (χ1) is 10.6. The molecule has 0 radical (unpaired) electrons. The van der Waals surface area contributed by atoms with Crippen molar-refractivity contribution in [3.05, 3.63) is 35.3 Å². The number of fused-ring (bicyclic) bond motifs is 3. The first-order valence-electron chi connectivity index (χ1n) is 7.34. The highest BCUT2D eigenvalue weighted by Crippen LogP contribution is 2.31. The van der Waals surface area contributed by atoms with Gasteiger partial charge in [0.25, 0.3) is 5.91 Å². The van der Waals surface area contributed by atoms with Crippen LogP contribution in [0.2, 0.25) is 0 Å². The van der Waals surface area contributed by atoms with E-state index in [4.69, 9.17) is 5.73 Å². The Kier molecular flexibility index (Phi) is 2.90. The second kappa shape index (κ2) is 4.81. The van der Waals surface area contributed by atoms with Gasteiger partial charge >= 0.3 is 0 Å². The first-order valence-corrected chi connectivity index (χ1v) is 7.34. The number of rotatable bonds is 2. The molecule has 3 aromatic rings. The van der Waals surface area contributed by atoms with Crippen LogP contribution >= 0.6 is 0 Å². The zero-order chi connectivity index (χ0) is 15.3. The van der Waals surface area contributed by atoms with Crippen molar-refractivity contribution in [3.8, 4) is 0 Å². The fourth-order valence-corrected chi connectivity index (χ4v) is 3.31. The van der Waals surface area contributed by atoms with Crippen LogP contribution in [0.4, 0.5) is 4.39 Å². The Morgan fingerprint density at radius 2 is 2.14 bits per heavy atom. The summed E-state index contributed by atoms with van der Waals surface area (Å²) in [5, 5.41) is 6.46. The monoisotopic (exact) mass is 301 g/mol. The number of halogens is 1. The SMILES string of the molecule is NC(=O)c1cc(F)cc2nc3c(C4CCNCC4)c[nH]n3c12. The first kappa shape index (κ1) is 13.3. The molecule has 3 heterocycles. The molecule has 4 N–H and O–H groups in total. The Balaban J connectivity index is 1.96. The van der Waals surface area contributed by atoms with Crippen LogP contribution in [0.5, 0.6) is 0 Å². The van der Waals surface area contributed by atoms with Crippen LogP contribution in [-0.4, -0.2) is 33.6 Å². The topological polar surface area (TPSA) is 88.2 Å². The number of nitrogens with zero attached hydrogens (tertiary/aromatic N) is 2. The van der Waals surface area contributed by atoms with E-state index >= 15 is 0 Å². The van der Waals surface area contributed by atoms with Gasteiger partial charge in [0.1, 0.15) is 11.3 Å². The van der Waals surface area contributed by atoms with Crippen LogP contribution in [-0.2, 0) is 0 Å². The lowest BCUT2D eigenvalue weighted by molar-refractivity contribution is 0.100. The van der Waals surface area contributed by atoms with Crippen LogP contribution in [0.15, 0.2) is 18.3 Å². The van der Waals surface area contributed by atoms with Crippen LogP contribution in [0.3, 0.4) is 0 Å². The largest absolute Gasteiger partial charge is 0.366 e. The van der Waals surface area contributed by atoms with Gasteiger partial charge in [-0.3, -0.25) is 9.89 Å². The van der Waals surface area contributed by atoms with Gasteiger partial charge in [0.15, 0.2) is 5.65 Å². The summed E-state index contributed by atoms with van der Waals surface area (Å²) in [4.78, 5) is 16.1. The maximum absolute atomic E-state index is 13.7. The predicted octanol–water partition coefficient (Wildman–Crippen LogP) is 1.52. The molecule has 0 unspecified atom stereocenters. The minimum absolute atomic E-state index is 0.140. The molecule has 1 aliphatic rings. The van der Waals surface area contributed by atoms with E-state index in [2.05, 4.69) is 15.4 Å². The van der Waals surface area contributed by atoms with E-state index in [-0.39, 0.29) is 5.56 Å². The highest BCUT2D eigenvalue weighted by Gasteiger charge is 2.23. The van der Waals surface area contributed by atoms with Gasteiger partial charge in [0.2, 0.25) is 0 Å². The molecule has 1 aliphatic heterocycles. The number of imidazole rings is 1. The van der Waals surface area contributed by atoms with Crippen LogP contribution in [0, 0.1) is 5.82 Å². The van der Waals surface area contributed by atoms with Gasteiger partial charge in [-0.05, 0) is 37.9 Å². The number of amides is 1. The lowest BCUT2D eigenvalue weighted by Crippen LogP contribution is -2.26. The number of H-pyrrole nitrogens is 1. The third-order valence-corrected chi connectivity index (χ3v) is 4.37. The molecule has 2 aromatic heterocycles. The molecule has 1 saturated heterocycles. The van der Waals surface area contributed by atoms with Crippen molar-refractivity contribution in [1.82, 2.24) is 19.9 Å². The lowest BCUT2D eigenvalue weighted by atomic mass is 9.92. The zero-order valence-corrected chi connectivity index (χ0v) is 11.9. The fraction of sp³-hybridized carbons (Fsp3) is 0.333. The van der Waals surface area contributed by atoms with Crippen molar-refractivity contribution in [2.24, 2.45) is 5.73 Å². The van der Waals surface area contributed by atoms with Crippen molar-refractivity contribution in [2.75, 3.05) is 13.1 Å². The Labute approximate surface area is 125 Å². The van der Waals surface area contributed by atoms with Gasteiger partial charge < -0.3 is 11.1 Å². The predicted molar refractivity (Wildman–Crippen MR) is 80.4 cm³/mol. The molecule has 1 aromatic carbocycles. The third kappa shape index (κ3) is 1.89. The van der Waals surface area contributed by atoms with E-state index in [0.29, 0.717) is 17.0 Å². The van der Waals surface area contributed by atoms with E-state index in [1.165, 1.54) is 6.07 Å². The maximum atomic E-state index is 13.7. The van der Waals surface area contributed by atoms with E-state index in [1.54, 1.807) is 4.52 Å². The molecule has 0 spiro atoms. The average Bonchev–Trinajstić information content (AvgIpc) is 3.05. The second-order valence-electron chi connectivity index (χ2n) is 5.71. The number of nitrogens with two attached hydrogens (primary N) is 1. The van der Waals surface area contributed by atoms with Crippen LogP contribution in [0.25, 0.3) is 16.7 Å². The molecule has 6 nitrogen and oxygen atoms in total. The average molecular weight is 301 g/mol. The molecule has 7 heteroatoms. The number of carbonyl (C=O) groups excluding carboxylic acids is 1. The van der Waals surface area contributed by atoms with Gasteiger partial charge in [-0.1, -0.05) is 0 Å². The zero-order valence-electron chi connectivity index (χ0n) is 11.9. The Hall–Kier alpha value is -2.41. The van der Waals surface area contributed by atoms with E-state index in [1.807, 2.05) is 6.20 Å². The normalized spacial score (nSPS) is 16.6. The summed E-state index contributed by atoms with van der Waals surface area (Å²) in [5.74, 6) is -0.761. The van der Waals surface area contributed by atoms with Crippen molar-refractivity contribution in [3.63, 3.8) is 0 Å². The molecule has 114 valence electrons. The summed E-state index contributed by atoms with van der Waals surface area (Å²) >= 11 is 0. The molecule has 1 fully saturated rings. The summed E-state index contributed by atoms with van der Waals surface area (Å²) < 4.78 is 15.4. The summed E-state index contributed by atoms with van der Waals surface area (Å²) in [6.45, 7) is 1.95. The van der Waals surface area contributed by atoms with Crippen molar-refractivity contribution in [1.29, 1.82) is 0 Å². The standard InChI is InChI=1S/C15H16FN5O/c16-9-5-10(14(17)22)13-12(6-9)20-15-11(7-19-21(13)15)8-1-3-18-4-2-8/h5-8,18-19H,1-4H2,(H2,17,22).